The molecule has 0 radical (unpaired) electrons. The number of halogens is 1. The first kappa shape index (κ1) is 20.6. The molecule has 4 rings (SSSR count). The summed E-state index contributed by atoms with van der Waals surface area (Å²) in [6, 6.07) is 15.9. The predicted molar refractivity (Wildman–Crippen MR) is 124 cm³/mol. The minimum Gasteiger partial charge on any atom is -0.342 e. The lowest BCUT2D eigenvalue weighted by Gasteiger charge is -2.07. The molecule has 0 aliphatic rings. The standard InChI is InChI=1S/C21H18ClN5OS2/c1-14-24-26-21(30-14)29-13-20(28)25-23-10-16-12-27(19-9-5-3-7-17(16)19)11-15-6-2-4-8-18(15)22/h2-10,12H,11,13H2,1H3,(H,25,28)/b23-10+. The second-order valence-corrected chi connectivity index (χ2v) is 9.30. The fourth-order valence-electron chi connectivity index (χ4n) is 2.99. The predicted octanol–water partition coefficient (Wildman–Crippen LogP) is 4.75. The van der Waals surface area contributed by atoms with E-state index in [1.807, 2.05) is 55.6 Å². The number of carbonyl (C=O) groups excluding carboxylic acids is 1. The summed E-state index contributed by atoms with van der Waals surface area (Å²) in [5.74, 6) is 0.0455. The van der Waals surface area contributed by atoms with Gasteiger partial charge in [-0.2, -0.15) is 5.10 Å². The highest BCUT2D eigenvalue weighted by atomic mass is 35.5. The molecule has 0 bridgehead atoms. The van der Waals surface area contributed by atoms with Gasteiger partial charge in [-0.3, -0.25) is 4.79 Å². The van der Waals surface area contributed by atoms with E-state index in [0.717, 1.165) is 36.4 Å². The molecule has 2 aromatic carbocycles. The Kier molecular flexibility index (Phi) is 6.47. The first-order valence-electron chi connectivity index (χ1n) is 9.16. The first-order valence-corrected chi connectivity index (χ1v) is 11.3. The van der Waals surface area contributed by atoms with Gasteiger partial charge < -0.3 is 4.57 Å². The largest absolute Gasteiger partial charge is 0.342 e. The van der Waals surface area contributed by atoms with Gasteiger partial charge in [0.1, 0.15) is 5.01 Å². The van der Waals surface area contributed by atoms with Gasteiger partial charge in [0.25, 0.3) is 5.91 Å². The number of carbonyl (C=O) groups is 1. The molecule has 2 aromatic heterocycles. The van der Waals surface area contributed by atoms with Gasteiger partial charge in [-0.25, -0.2) is 5.43 Å². The summed E-state index contributed by atoms with van der Waals surface area (Å²) in [6.07, 6.45) is 3.69. The highest BCUT2D eigenvalue weighted by molar-refractivity contribution is 8.01. The summed E-state index contributed by atoms with van der Waals surface area (Å²) < 4.78 is 2.90. The summed E-state index contributed by atoms with van der Waals surface area (Å²) >= 11 is 9.14. The van der Waals surface area contributed by atoms with E-state index < -0.39 is 0 Å². The molecule has 9 heteroatoms. The number of nitrogens with one attached hydrogen (secondary N) is 1. The summed E-state index contributed by atoms with van der Waals surface area (Å²) in [6.45, 7) is 2.53. The van der Waals surface area contributed by atoms with Crippen LogP contribution in [-0.2, 0) is 11.3 Å². The summed E-state index contributed by atoms with van der Waals surface area (Å²) in [4.78, 5) is 12.1. The van der Waals surface area contributed by atoms with Crippen LogP contribution in [0, 0.1) is 6.92 Å². The van der Waals surface area contributed by atoms with Crippen LogP contribution < -0.4 is 5.43 Å². The Labute approximate surface area is 187 Å². The highest BCUT2D eigenvalue weighted by Crippen LogP contribution is 2.24. The zero-order valence-corrected chi connectivity index (χ0v) is 18.5. The van der Waals surface area contributed by atoms with Crippen LogP contribution in [-0.4, -0.2) is 32.6 Å². The molecule has 1 N–H and O–H groups in total. The normalized spacial score (nSPS) is 11.4. The molecule has 0 atom stereocenters. The third-order valence-electron chi connectivity index (χ3n) is 4.35. The maximum absolute atomic E-state index is 12.1. The Morgan fingerprint density at radius 2 is 2.03 bits per heavy atom. The monoisotopic (exact) mass is 455 g/mol. The molecule has 0 fully saturated rings. The number of nitrogens with zero attached hydrogens (tertiary/aromatic N) is 4. The van der Waals surface area contributed by atoms with Gasteiger partial charge in [-0.15, -0.1) is 10.2 Å². The van der Waals surface area contributed by atoms with Crippen molar-refractivity contribution in [2.45, 2.75) is 17.8 Å². The molecule has 0 saturated heterocycles. The van der Waals surface area contributed by atoms with Crippen molar-refractivity contribution in [2.24, 2.45) is 5.10 Å². The van der Waals surface area contributed by atoms with Crippen molar-refractivity contribution < 1.29 is 4.79 Å². The molecule has 0 saturated carbocycles. The molecule has 1 amide bonds. The Balaban J connectivity index is 1.46. The van der Waals surface area contributed by atoms with Gasteiger partial charge in [-0.05, 0) is 24.6 Å². The lowest BCUT2D eigenvalue weighted by atomic mass is 10.2. The van der Waals surface area contributed by atoms with Gasteiger partial charge >= 0.3 is 0 Å². The van der Waals surface area contributed by atoms with Crippen LogP contribution in [0.25, 0.3) is 10.9 Å². The molecule has 152 valence electrons. The minimum absolute atomic E-state index is 0.191. The topological polar surface area (TPSA) is 72.2 Å². The lowest BCUT2D eigenvalue weighted by Crippen LogP contribution is -2.19. The maximum atomic E-state index is 12.1. The van der Waals surface area contributed by atoms with E-state index in [-0.39, 0.29) is 11.7 Å². The fraction of sp³-hybridized carbons (Fsp3) is 0.143. The van der Waals surface area contributed by atoms with E-state index in [4.69, 9.17) is 11.6 Å². The zero-order valence-electron chi connectivity index (χ0n) is 16.1. The summed E-state index contributed by atoms with van der Waals surface area (Å²) in [5.41, 5.74) is 5.62. The van der Waals surface area contributed by atoms with E-state index in [2.05, 4.69) is 31.4 Å². The summed E-state index contributed by atoms with van der Waals surface area (Å²) in [7, 11) is 0. The fourth-order valence-corrected chi connectivity index (χ4v) is 4.79. The number of hydrogen-bond acceptors (Lipinski definition) is 6. The van der Waals surface area contributed by atoms with Crippen molar-refractivity contribution in [3.63, 3.8) is 0 Å². The van der Waals surface area contributed by atoms with Crippen LogP contribution in [0.2, 0.25) is 5.02 Å². The number of hydrogen-bond donors (Lipinski definition) is 1. The number of hydrazone groups is 1. The van der Waals surface area contributed by atoms with Crippen molar-refractivity contribution >= 4 is 57.7 Å². The molecule has 30 heavy (non-hydrogen) atoms. The van der Waals surface area contributed by atoms with Crippen LogP contribution in [0.15, 0.2) is 64.2 Å². The molecule has 0 aliphatic carbocycles. The number of amides is 1. The zero-order chi connectivity index (χ0) is 20.9. The molecule has 0 spiro atoms. The lowest BCUT2D eigenvalue weighted by molar-refractivity contribution is -0.118. The quantitative estimate of drug-likeness (QED) is 0.248. The van der Waals surface area contributed by atoms with Gasteiger partial charge in [0.2, 0.25) is 0 Å². The molecule has 2 heterocycles. The van der Waals surface area contributed by atoms with Crippen molar-refractivity contribution in [3.8, 4) is 0 Å². The van der Waals surface area contributed by atoms with Crippen molar-refractivity contribution in [2.75, 3.05) is 5.75 Å². The van der Waals surface area contributed by atoms with Crippen LogP contribution >= 0.6 is 34.7 Å². The van der Waals surface area contributed by atoms with Gasteiger partial charge in [-0.1, -0.05) is 71.1 Å². The SMILES string of the molecule is Cc1nnc(SCC(=O)N/N=C/c2cn(Cc3ccccc3Cl)c3ccccc23)s1. The minimum atomic E-state index is -0.191. The third-order valence-corrected chi connectivity index (χ3v) is 6.69. The van der Waals surface area contributed by atoms with E-state index in [1.54, 1.807) is 6.21 Å². The van der Waals surface area contributed by atoms with Crippen molar-refractivity contribution in [3.05, 3.63) is 75.9 Å². The van der Waals surface area contributed by atoms with Crippen LogP contribution in [0.3, 0.4) is 0 Å². The number of rotatable bonds is 7. The Morgan fingerprint density at radius 3 is 2.83 bits per heavy atom. The van der Waals surface area contributed by atoms with Gasteiger partial charge in [0.05, 0.1) is 12.0 Å². The smallest absolute Gasteiger partial charge is 0.250 e. The van der Waals surface area contributed by atoms with E-state index in [1.165, 1.54) is 23.1 Å². The number of aryl methyl sites for hydroxylation is 1. The number of thioether (sulfide) groups is 1. The van der Waals surface area contributed by atoms with Crippen LogP contribution in [0.5, 0.6) is 0 Å². The average Bonchev–Trinajstić information content (AvgIpc) is 3.32. The van der Waals surface area contributed by atoms with E-state index in [0.29, 0.717) is 6.54 Å². The number of para-hydroxylation sites is 1. The number of aromatic nitrogens is 3. The number of fused-ring (bicyclic) bond motifs is 1. The van der Waals surface area contributed by atoms with Crippen molar-refractivity contribution in [1.29, 1.82) is 0 Å². The van der Waals surface area contributed by atoms with Crippen LogP contribution in [0.1, 0.15) is 16.1 Å². The molecular formula is C21H18ClN5OS2. The Bertz CT molecular complexity index is 1220. The molecule has 6 nitrogen and oxygen atoms in total. The highest BCUT2D eigenvalue weighted by Gasteiger charge is 2.09. The average molecular weight is 456 g/mol. The van der Waals surface area contributed by atoms with Crippen molar-refractivity contribution in [1.82, 2.24) is 20.2 Å². The summed E-state index contributed by atoms with van der Waals surface area (Å²) in [5, 5.41) is 14.7. The molecular weight excluding hydrogens is 438 g/mol. The molecule has 0 aliphatic heterocycles. The second-order valence-electron chi connectivity index (χ2n) is 6.49. The number of benzene rings is 2. The first-order chi connectivity index (χ1) is 14.6. The van der Waals surface area contributed by atoms with Gasteiger partial charge in [0.15, 0.2) is 4.34 Å². The second kappa shape index (κ2) is 9.42. The Hall–Kier alpha value is -2.68. The molecule has 4 aromatic rings. The third kappa shape index (κ3) is 4.89. The maximum Gasteiger partial charge on any atom is 0.250 e. The Morgan fingerprint density at radius 1 is 1.23 bits per heavy atom. The van der Waals surface area contributed by atoms with Gasteiger partial charge in [0, 0.05) is 34.2 Å². The van der Waals surface area contributed by atoms with E-state index in [9.17, 15) is 4.79 Å². The van der Waals surface area contributed by atoms with E-state index >= 15 is 0 Å². The van der Waals surface area contributed by atoms with Crippen LogP contribution in [0.4, 0.5) is 0 Å². The molecule has 0 unspecified atom stereocenters.